The number of rotatable bonds is 3. The predicted molar refractivity (Wildman–Crippen MR) is 72.8 cm³/mol. The third-order valence-corrected chi connectivity index (χ3v) is 3.61. The number of nitrogens with zero attached hydrogens (tertiary/aromatic N) is 1. The van der Waals surface area contributed by atoms with E-state index in [9.17, 15) is 9.90 Å². The first-order valence-electron chi connectivity index (χ1n) is 6.60. The Hall–Kier alpha value is -1.75. The number of aromatic hydroxyl groups is 1. The Morgan fingerprint density at radius 2 is 2.26 bits per heavy atom. The van der Waals surface area contributed by atoms with Crippen molar-refractivity contribution in [3.8, 4) is 5.75 Å². The summed E-state index contributed by atoms with van der Waals surface area (Å²) in [6.45, 7) is 1.51. The van der Waals surface area contributed by atoms with Crippen LogP contribution in [-0.2, 0) is 0 Å². The topological polar surface area (TPSA) is 86.8 Å². The lowest BCUT2D eigenvalue weighted by atomic mass is 9.94. The molecule has 19 heavy (non-hydrogen) atoms. The SMILES string of the molecule is Nc1ccc(O)cc1C(=O)N1CCCC(CCO)C1. The fourth-order valence-electron chi connectivity index (χ4n) is 2.57. The van der Waals surface area contributed by atoms with Gasteiger partial charge in [-0.1, -0.05) is 0 Å². The largest absolute Gasteiger partial charge is 0.508 e. The minimum atomic E-state index is -0.143. The third kappa shape index (κ3) is 3.17. The number of aliphatic hydroxyl groups is 1. The van der Waals surface area contributed by atoms with Crippen molar-refractivity contribution in [2.24, 2.45) is 5.92 Å². The molecule has 1 atom stereocenters. The zero-order valence-electron chi connectivity index (χ0n) is 10.9. The minimum Gasteiger partial charge on any atom is -0.508 e. The lowest BCUT2D eigenvalue weighted by Crippen LogP contribution is -2.40. The van der Waals surface area contributed by atoms with Crippen LogP contribution in [0, 0.1) is 5.92 Å². The van der Waals surface area contributed by atoms with E-state index in [1.807, 2.05) is 0 Å². The highest BCUT2D eigenvalue weighted by Crippen LogP contribution is 2.24. The number of anilines is 1. The van der Waals surface area contributed by atoms with Gasteiger partial charge in [-0.2, -0.15) is 0 Å². The lowest BCUT2D eigenvalue weighted by Gasteiger charge is -2.32. The average molecular weight is 264 g/mol. The molecular weight excluding hydrogens is 244 g/mol. The molecule has 1 amide bonds. The van der Waals surface area contributed by atoms with Crippen molar-refractivity contribution in [2.75, 3.05) is 25.4 Å². The summed E-state index contributed by atoms with van der Waals surface area (Å²) in [5.41, 5.74) is 6.52. The van der Waals surface area contributed by atoms with Gasteiger partial charge in [0.15, 0.2) is 0 Å². The van der Waals surface area contributed by atoms with Crippen LogP contribution < -0.4 is 5.73 Å². The number of carbonyl (C=O) groups excluding carboxylic acids is 1. The van der Waals surface area contributed by atoms with E-state index in [0.29, 0.717) is 30.3 Å². The molecule has 0 bridgehead atoms. The van der Waals surface area contributed by atoms with Gasteiger partial charge in [0.1, 0.15) is 5.75 Å². The maximum absolute atomic E-state index is 12.4. The molecule has 1 aromatic rings. The maximum Gasteiger partial charge on any atom is 0.256 e. The fourth-order valence-corrected chi connectivity index (χ4v) is 2.57. The monoisotopic (exact) mass is 264 g/mol. The van der Waals surface area contributed by atoms with Crippen molar-refractivity contribution >= 4 is 11.6 Å². The minimum absolute atomic E-state index is 0.0430. The van der Waals surface area contributed by atoms with E-state index in [1.165, 1.54) is 18.2 Å². The first kappa shape index (κ1) is 13.7. The van der Waals surface area contributed by atoms with E-state index < -0.39 is 0 Å². The molecule has 0 saturated carbocycles. The second kappa shape index (κ2) is 5.93. The van der Waals surface area contributed by atoms with Gasteiger partial charge in [0.05, 0.1) is 5.56 Å². The molecule has 4 N–H and O–H groups in total. The predicted octanol–water partition coefficient (Wildman–Crippen LogP) is 1.21. The summed E-state index contributed by atoms with van der Waals surface area (Å²) < 4.78 is 0. The van der Waals surface area contributed by atoms with Crippen molar-refractivity contribution in [2.45, 2.75) is 19.3 Å². The Morgan fingerprint density at radius 3 is 3.00 bits per heavy atom. The Morgan fingerprint density at radius 1 is 1.47 bits per heavy atom. The molecule has 2 rings (SSSR count). The fraction of sp³-hybridized carbons (Fsp3) is 0.500. The van der Waals surface area contributed by atoms with Crippen LogP contribution in [0.25, 0.3) is 0 Å². The number of aliphatic hydroxyl groups excluding tert-OH is 1. The summed E-state index contributed by atoms with van der Waals surface area (Å²) >= 11 is 0. The molecule has 1 fully saturated rings. The highest BCUT2D eigenvalue weighted by atomic mass is 16.3. The number of carbonyl (C=O) groups is 1. The van der Waals surface area contributed by atoms with E-state index in [-0.39, 0.29) is 18.3 Å². The highest BCUT2D eigenvalue weighted by Gasteiger charge is 2.25. The van der Waals surface area contributed by atoms with Crippen LogP contribution in [0.3, 0.4) is 0 Å². The molecule has 1 unspecified atom stereocenters. The van der Waals surface area contributed by atoms with Gasteiger partial charge in [0.2, 0.25) is 0 Å². The van der Waals surface area contributed by atoms with Crippen LogP contribution in [0.5, 0.6) is 5.75 Å². The van der Waals surface area contributed by atoms with Gasteiger partial charge in [-0.05, 0) is 43.4 Å². The van der Waals surface area contributed by atoms with Gasteiger partial charge in [-0.15, -0.1) is 0 Å². The van der Waals surface area contributed by atoms with E-state index in [2.05, 4.69) is 0 Å². The van der Waals surface area contributed by atoms with Crippen molar-refractivity contribution in [3.05, 3.63) is 23.8 Å². The first-order chi connectivity index (χ1) is 9.11. The van der Waals surface area contributed by atoms with Crippen molar-refractivity contribution in [3.63, 3.8) is 0 Å². The van der Waals surface area contributed by atoms with Gasteiger partial charge >= 0.3 is 0 Å². The quantitative estimate of drug-likeness (QED) is 0.565. The van der Waals surface area contributed by atoms with E-state index >= 15 is 0 Å². The molecular formula is C14H20N2O3. The number of hydrogen-bond donors (Lipinski definition) is 3. The Bertz CT molecular complexity index is 460. The first-order valence-corrected chi connectivity index (χ1v) is 6.60. The summed E-state index contributed by atoms with van der Waals surface area (Å²) in [6.07, 6.45) is 2.70. The summed E-state index contributed by atoms with van der Waals surface area (Å²) in [6, 6.07) is 4.42. The van der Waals surface area contributed by atoms with E-state index in [0.717, 1.165) is 19.3 Å². The molecule has 1 aliphatic rings. The molecule has 1 aliphatic heterocycles. The van der Waals surface area contributed by atoms with Crippen LogP contribution >= 0.6 is 0 Å². The summed E-state index contributed by atoms with van der Waals surface area (Å²) in [5, 5.41) is 18.4. The molecule has 0 aromatic heterocycles. The second-order valence-electron chi connectivity index (χ2n) is 5.04. The zero-order valence-corrected chi connectivity index (χ0v) is 10.9. The standard InChI is InChI=1S/C14H20N2O3/c15-13-4-3-11(18)8-12(13)14(19)16-6-1-2-10(9-16)5-7-17/h3-4,8,10,17-18H,1-2,5-7,9,15H2. The van der Waals surface area contributed by atoms with E-state index in [1.54, 1.807) is 4.90 Å². The average Bonchev–Trinajstić information content (AvgIpc) is 2.41. The van der Waals surface area contributed by atoms with Crippen LogP contribution in [0.2, 0.25) is 0 Å². The van der Waals surface area contributed by atoms with Crippen molar-refractivity contribution in [1.29, 1.82) is 0 Å². The van der Waals surface area contributed by atoms with E-state index in [4.69, 9.17) is 10.8 Å². The molecule has 0 radical (unpaired) electrons. The number of nitrogen functional groups attached to an aromatic ring is 1. The smallest absolute Gasteiger partial charge is 0.256 e. The third-order valence-electron chi connectivity index (χ3n) is 3.61. The number of phenolic OH excluding ortho intramolecular Hbond substituents is 1. The maximum atomic E-state index is 12.4. The van der Waals surface area contributed by atoms with Gasteiger partial charge in [-0.3, -0.25) is 4.79 Å². The number of piperidine rings is 1. The Labute approximate surface area is 112 Å². The van der Waals surface area contributed by atoms with Crippen molar-refractivity contribution in [1.82, 2.24) is 4.90 Å². The summed E-state index contributed by atoms with van der Waals surface area (Å²) in [7, 11) is 0. The number of likely N-dealkylation sites (tertiary alicyclic amines) is 1. The second-order valence-corrected chi connectivity index (χ2v) is 5.04. The van der Waals surface area contributed by atoms with Crippen molar-refractivity contribution < 1.29 is 15.0 Å². The van der Waals surface area contributed by atoms with Crippen LogP contribution in [-0.4, -0.2) is 40.7 Å². The van der Waals surface area contributed by atoms with Gasteiger partial charge in [0.25, 0.3) is 5.91 Å². The molecule has 104 valence electrons. The number of phenols is 1. The number of hydrogen-bond acceptors (Lipinski definition) is 4. The normalized spacial score (nSPS) is 19.4. The summed E-state index contributed by atoms with van der Waals surface area (Å²) in [5.74, 6) is 0.249. The summed E-state index contributed by atoms with van der Waals surface area (Å²) in [4.78, 5) is 14.2. The molecule has 1 saturated heterocycles. The molecule has 5 heteroatoms. The molecule has 5 nitrogen and oxygen atoms in total. The highest BCUT2D eigenvalue weighted by molar-refractivity contribution is 5.99. The molecule has 1 heterocycles. The number of amides is 1. The lowest BCUT2D eigenvalue weighted by molar-refractivity contribution is 0.0654. The zero-order chi connectivity index (χ0) is 13.8. The van der Waals surface area contributed by atoms with Gasteiger partial charge < -0.3 is 20.8 Å². The van der Waals surface area contributed by atoms with Crippen LogP contribution in [0.1, 0.15) is 29.6 Å². The Balaban J connectivity index is 2.12. The Kier molecular flexibility index (Phi) is 4.27. The number of benzene rings is 1. The van der Waals surface area contributed by atoms with Crippen LogP contribution in [0.4, 0.5) is 5.69 Å². The molecule has 0 aliphatic carbocycles. The number of nitrogens with two attached hydrogens (primary N) is 1. The molecule has 1 aromatic carbocycles. The molecule has 0 spiro atoms. The van der Waals surface area contributed by atoms with Crippen LogP contribution in [0.15, 0.2) is 18.2 Å². The van der Waals surface area contributed by atoms with Gasteiger partial charge in [-0.25, -0.2) is 0 Å². The van der Waals surface area contributed by atoms with Gasteiger partial charge in [0, 0.05) is 25.4 Å².